The third-order valence-electron chi connectivity index (χ3n) is 6.72. The average Bonchev–Trinajstić information content (AvgIpc) is 2.77. The molecule has 1 aromatic carbocycles. The van der Waals surface area contributed by atoms with E-state index < -0.39 is 5.41 Å². The quantitative estimate of drug-likeness (QED) is 0.725. The lowest BCUT2D eigenvalue weighted by Gasteiger charge is -2.46. The Bertz CT molecular complexity index is 673. The lowest BCUT2D eigenvalue weighted by molar-refractivity contribution is -0.134. The van der Waals surface area contributed by atoms with Crippen LogP contribution in [-0.4, -0.2) is 67.6 Å². The second-order valence-electron chi connectivity index (χ2n) is 8.56. The monoisotopic (exact) mass is 401 g/mol. The number of aryl methyl sites for hydroxylation is 1. The van der Waals surface area contributed by atoms with Gasteiger partial charge in [0.05, 0.1) is 5.41 Å². The van der Waals surface area contributed by atoms with Crippen molar-refractivity contribution >= 4 is 11.8 Å². The normalized spacial score (nSPS) is 23.8. The lowest BCUT2D eigenvalue weighted by Crippen LogP contribution is -2.56. The minimum Gasteiger partial charge on any atom is -0.385 e. The Morgan fingerprint density at radius 2 is 1.90 bits per heavy atom. The highest BCUT2D eigenvalue weighted by atomic mass is 16.5. The number of carbonyl (C=O) groups is 2. The van der Waals surface area contributed by atoms with E-state index in [1.54, 1.807) is 7.11 Å². The number of hydrogen-bond acceptors (Lipinski definition) is 4. The number of primary amides is 1. The summed E-state index contributed by atoms with van der Waals surface area (Å²) in [5, 5.41) is 0. The number of likely N-dealkylation sites (tertiary alicyclic amines) is 2. The second-order valence-corrected chi connectivity index (χ2v) is 8.56. The molecule has 2 heterocycles. The molecule has 2 fully saturated rings. The largest absolute Gasteiger partial charge is 0.385 e. The minimum atomic E-state index is -0.475. The van der Waals surface area contributed by atoms with Crippen LogP contribution < -0.4 is 5.73 Å². The molecular weight excluding hydrogens is 366 g/mol. The summed E-state index contributed by atoms with van der Waals surface area (Å²) in [6.45, 7) is 3.89. The van der Waals surface area contributed by atoms with Crippen molar-refractivity contribution in [3.05, 3.63) is 35.9 Å². The van der Waals surface area contributed by atoms with Gasteiger partial charge in [0.1, 0.15) is 0 Å². The van der Waals surface area contributed by atoms with Crippen LogP contribution in [0.4, 0.5) is 0 Å². The summed E-state index contributed by atoms with van der Waals surface area (Å²) in [6.07, 6.45) is 5.83. The van der Waals surface area contributed by atoms with Gasteiger partial charge in [0, 0.05) is 45.8 Å². The van der Waals surface area contributed by atoms with Crippen LogP contribution in [0.25, 0.3) is 0 Å². The number of methoxy groups -OCH3 is 1. The topological polar surface area (TPSA) is 75.9 Å². The first kappa shape index (κ1) is 21.8. The summed E-state index contributed by atoms with van der Waals surface area (Å²) in [7, 11) is 1.67. The van der Waals surface area contributed by atoms with E-state index in [1.807, 2.05) is 23.1 Å². The molecule has 6 nitrogen and oxygen atoms in total. The molecule has 0 spiro atoms. The molecule has 1 unspecified atom stereocenters. The molecule has 0 aromatic heterocycles. The predicted octanol–water partition coefficient (Wildman–Crippen LogP) is 2.21. The molecule has 1 atom stereocenters. The summed E-state index contributed by atoms with van der Waals surface area (Å²) in [5.74, 6) is 0.0466. The summed E-state index contributed by atoms with van der Waals surface area (Å²) < 4.78 is 5.23. The number of ether oxygens (including phenoxy) is 1. The van der Waals surface area contributed by atoms with Crippen molar-refractivity contribution in [3.63, 3.8) is 0 Å². The van der Waals surface area contributed by atoms with Crippen LogP contribution >= 0.6 is 0 Å². The van der Waals surface area contributed by atoms with Crippen LogP contribution in [-0.2, 0) is 20.7 Å². The zero-order valence-electron chi connectivity index (χ0n) is 17.6. The van der Waals surface area contributed by atoms with E-state index in [1.165, 1.54) is 5.56 Å². The number of benzene rings is 1. The van der Waals surface area contributed by atoms with E-state index in [9.17, 15) is 9.59 Å². The maximum Gasteiger partial charge on any atom is 0.225 e. The van der Waals surface area contributed by atoms with E-state index in [4.69, 9.17) is 10.5 Å². The van der Waals surface area contributed by atoms with E-state index in [2.05, 4.69) is 17.0 Å². The van der Waals surface area contributed by atoms with Gasteiger partial charge in [0.2, 0.25) is 11.8 Å². The zero-order chi connectivity index (χ0) is 20.7. The highest BCUT2D eigenvalue weighted by molar-refractivity contribution is 5.81. The molecule has 2 saturated heterocycles. The fourth-order valence-corrected chi connectivity index (χ4v) is 4.84. The molecular formula is C23H35N3O3. The van der Waals surface area contributed by atoms with E-state index in [0.29, 0.717) is 25.5 Å². The van der Waals surface area contributed by atoms with Crippen LogP contribution in [0, 0.1) is 5.41 Å². The number of carbonyl (C=O) groups excluding carboxylic acids is 2. The van der Waals surface area contributed by atoms with Crippen molar-refractivity contribution < 1.29 is 14.3 Å². The number of rotatable bonds is 8. The SMILES string of the molecule is COCCC1(C(N)=O)CCCN(C2CCN(C(=O)CCc3ccccc3)CC2)C1. The summed E-state index contributed by atoms with van der Waals surface area (Å²) >= 11 is 0. The van der Waals surface area contributed by atoms with Crippen LogP contribution in [0.3, 0.4) is 0 Å². The molecule has 0 aliphatic carbocycles. The van der Waals surface area contributed by atoms with Crippen LogP contribution in [0.1, 0.15) is 44.1 Å². The fraction of sp³-hybridized carbons (Fsp3) is 0.652. The molecule has 2 aliphatic rings. The Morgan fingerprint density at radius 3 is 2.55 bits per heavy atom. The van der Waals surface area contributed by atoms with Crippen molar-refractivity contribution in [1.29, 1.82) is 0 Å². The molecule has 160 valence electrons. The molecule has 6 heteroatoms. The molecule has 3 rings (SSSR count). The van der Waals surface area contributed by atoms with Crippen molar-refractivity contribution in [2.45, 2.75) is 51.0 Å². The van der Waals surface area contributed by atoms with Gasteiger partial charge in [-0.15, -0.1) is 0 Å². The summed E-state index contributed by atoms with van der Waals surface area (Å²) in [6, 6.07) is 10.6. The van der Waals surface area contributed by atoms with Gasteiger partial charge in [-0.1, -0.05) is 30.3 Å². The van der Waals surface area contributed by atoms with E-state index >= 15 is 0 Å². The van der Waals surface area contributed by atoms with Crippen molar-refractivity contribution in [1.82, 2.24) is 9.80 Å². The number of piperidine rings is 2. The Balaban J connectivity index is 1.49. The molecule has 2 N–H and O–H groups in total. The smallest absolute Gasteiger partial charge is 0.225 e. The third kappa shape index (κ3) is 5.58. The van der Waals surface area contributed by atoms with Crippen LogP contribution in [0.15, 0.2) is 30.3 Å². The Hall–Kier alpha value is -1.92. The minimum absolute atomic E-state index is 0.201. The summed E-state index contributed by atoms with van der Waals surface area (Å²) in [5.41, 5.74) is 6.54. The van der Waals surface area contributed by atoms with Gasteiger partial charge in [0.25, 0.3) is 0 Å². The first-order valence-electron chi connectivity index (χ1n) is 10.9. The standard InChI is InChI=1S/C23H35N3O3/c1-29-17-13-23(22(24)28)12-5-14-26(18-23)20-10-15-25(16-11-20)21(27)9-8-19-6-3-2-4-7-19/h2-4,6-7,20H,5,8-18H2,1H3,(H2,24,28). The molecule has 29 heavy (non-hydrogen) atoms. The number of nitrogens with zero attached hydrogens (tertiary/aromatic N) is 2. The predicted molar refractivity (Wildman–Crippen MR) is 113 cm³/mol. The Kier molecular flexibility index (Phi) is 7.67. The average molecular weight is 402 g/mol. The maximum atomic E-state index is 12.6. The van der Waals surface area contributed by atoms with Gasteiger partial charge < -0.3 is 15.4 Å². The van der Waals surface area contributed by atoms with Gasteiger partial charge >= 0.3 is 0 Å². The maximum absolute atomic E-state index is 12.6. The number of amides is 2. The molecule has 2 aliphatic heterocycles. The fourth-order valence-electron chi connectivity index (χ4n) is 4.84. The van der Waals surface area contributed by atoms with Crippen LogP contribution in [0.2, 0.25) is 0 Å². The first-order valence-corrected chi connectivity index (χ1v) is 10.9. The summed E-state index contributed by atoms with van der Waals surface area (Å²) in [4.78, 5) is 29.3. The molecule has 0 bridgehead atoms. The second kappa shape index (κ2) is 10.2. The Morgan fingerprint density at radius 1 is 1.17 bits per heavy atom. The molecule has 2 amide bonds. The van der Waals surface area contributed by atoms with Crippen LogP contribution in [0.5, 0.6) is 0 Å². The number of hydrogen-bond donors (Lipinski definition) is 1. The molecule has 1 aromatic rings. The first-order chi connectivity index (χ1) is 14.0. The van der Waals surface area contributed by atoms with Crippen molar-refractivity contribution in [2.24, 2.45) is 11.1 Å². The van der Waals surface area contributed by atoms with Gasteiger partial charge in [0.15, 0.2) is 0 Å². The van der Waals surface area contributed by atoms with E-state index in [0.717, 1.165) is 58.3 Å². The lowest BCUT2D eigenvalue weighted by atomic mass is 9.76. The highest BCUT2D eigenvalue weighted by Gasteiger charge is 2.42. The highest BCUT2D eigenvalue weighted by Crippen LogP contribution is 2.35. The van der Waals surface area contributed by atoms with Crippen molar-refractivity contribution in [3.8, 4) is 0 Å². The van der Waals surface area contributed by atoms with E-state index in [-0.39, 0.29) is 11.8 Å². The van der Waals surface area contributed by atoms with Gasteiger partial charge in [-0.25, -0.2) is 0 Å². The zero-order valence-corrected chi connectivity index (χ0v) is 17.6. The van der Waals surface area contributed by atoms with Gasteiger partial charge in [-0.3, -0.25) is 14.5 Å². The van der Waals surface area contributed by atoms with Gasteiger partial charge in [-0.05, 0) is 50.6 Å². The Labute approximate surface area is 174 Å². The van der Waals surface area contributed by atoms with Crippen molar-refractivity contribution in [2.75, 3.05) is 39.9 Å². The third-order valence-corrected chi connectivity index (χ3v) is 6.72. The molecule has 0 saturated carbocycles. The number of nitrogens with two attached hydrogens (primary N) is 1. The van der Waals surface area contributed by atoms with Gasteiger partial charge in [-0.2, -0.15) is 0 Å². The molecule has 0 radical (unpaired) electrons.